The Bertz CT molecular complexity index is 308. The van der Waals surface area contributed by atoms with E-state index in [0.29, 0.717) is 24.4 Å². The first kappa shape index (κ1) is 16.3. The molecule has 0 spiro atoms. The number of hydrogen-bond donors (Lipinski definition) is 4. The number of hydrazine groups is 1. The van der Waals surface area contributed by atoms with Gasteiger partial charge in [-0.25, -0.2) is 10.6 Å². The van der Waals surface area contributed by atoms with Crippen molar-refractivity contribution in [3.05, 3.63) is 0 Å². The van der Waals surface area contributed by atoms with E-state index in [0.717, 1.165) is 0 Å². The first-order chi connectivity index (χ1) is 8.40. The minimum Gasteiger partial charge on any atom is -0.481 e. The molecule has 0 fully saturated rings. The van der Waals surface area contributed by atoms with Gasteiger partial charge in [-0.1, -0.05) is 0 Å². The van der Waals surface area contributed by atoms with Gasteiger partial charge in [0.05, 0.1) is 6.42 Å². The Morgan fingerprint density at radius 3 is 2.17 bits per heavy atom. The SMILES string of the molecule is NCCCC[C@@H](C(=O)O)N(N)C(=O)CCC(=O)O. The smallest absolute Gasteiger partial charge is 0.328 e. The van der Waals surface area contributed by atoms with E-state index >= 15 is 0 Å². The third kappa shape index (κ3) is 6.16. The van der Waals surface area contributed by atoms with Crippen LogP contribution in [0.3, 0.4) is 0 Å². The highest BCUT2D eigenvalue weighted by molar-refractivity contribution is 5.85. The highest BCUT2D eigenvalue weighted by Crippen LogP contribution is 2.08. The zero-order valence-electron chi connectivity index (χ0n) is 10.0. The summed E-state index contributed by atoms with van der Waals surface area (Å²) in [7, 11) is 0. The molecule has 0 heterocycles. The molecule has 0 saturated carbocycles. The number of carbonyl (C=O) groups excluding carboxylic acids is 1. The maximum absolute atomic E-state index is 11.5. The zero-order chi connectivity index (χ0) is 14.1. The minimum absolute atomic E-state index is 0.196. The highest BCUT2D eigenvalue weighted by Gasteiger charge is 2.26. The second kappa shape index (κ2) is 8.43. The van der Waals surface area contributed by atoms with Gasteiger partial charge in [0, 0.05) is 6.42 Å². The summed E-state index contributed by atoms with van der Waals surface area (Å²) < 4.78 is 0. The number of nitrogens with zero attached hydrogens (tertiary/aromatic N) is 1. The van der Waals surface area contributed by atoms with Gasteiger partial charge in [0.15, 0.2) is 0 Å². The van der Waals surface area contributed by atoms with E-state index in [2.05, 4.69) is 0 Å². The van der Waals surface area contributed by atoms with Crippen LogP contribution in [0.2, 0.25) is 0 Å². The largest absolute Gasteiger partial charge is 0.481 e. The van der Waals surface area contributed by atoms with Crippen LogP contribution in [-0.2, 0) is 14.4 Å². The predicted molar refractivity (Wildman–Crippen MR) is 62.2 cm³/mol. The van der Waals surface area contributed by atoms with E-state index in [1.54, 1.807) is 0 Å². The van der Waals surface area contributed by atoms with Crippen molar-refractivity contribution in [2.75, 3.05) is 6.54 Å². The number of aliphatic carboxylic acids is 2. The second-order valence-corrected chi connectivity index (χ2v) is 3.83. The number of carboxylic acid groups (broad SMARTS) is 2. The molecule has 0 radical (unpaired) electrons. The van der Waals surface area contributed by atoms with Crippen molar-refractivity contribution in [1.29, 1.82) is 0 Å². The van der Waals surface area contributed by atoms with Crippen molar-refractivity contribution in [3.63, 3.8) is 0 Å². The molecule has 0 aliphatic heterocycles. The van der Waals surface area contributed by atoms with Gasteiger partial charge in [0.1, 0.15) is 6.04 Å². The van der Waals surface area contributed by atoms with E-state index in [1.165, 1.54) is 0 Å². The van der Waals surface area contributed by atoms with E-state index in [9.17, 15) is 14.4 Å². The fraction of sp³-hybridized carbons (Fsp3) is 0.700. The molecule has 104 valence electrons. The summed E-state index contributed by atoms with van der Waals surface area (Å²) in [5, 5.41) is 18.0. The summed E-state index contributed by atoms with van der Waals surface area (Å²) >= 11 is 0. The molecule has 18 heavy (non-hydrogen) atoms. The van der Waals surface area contributed by atoms with Crippen LogP contribution in [0.5, 0.6) is 0 Å². The van der Waals surface area contributed by atoms with Crippen molar-refractivity contribution >= 4 is 17.8 Å². The van der Waals surface area contributed by atoms with Crippen LogP contribution >= 0.6 is 0 Å². The van der Waals surface area contributed by atoms with Crippen LogP contribution in [0.4, 0.5) is 0 Å². The molecule has 0 bridgehead atoms. The molecule has 0 aromatic heterocycles. The summed E-state index contributed by atoms with van der Waals surface area (Å²) in [5.74, 6) is 2.37. The number of carbonyl (C=O) groups is 3. The van der Waals surface area contributed by atoms with Crippen molar-refractivity contribution in [3.8, 4) is 0 Å². The Morgan fingerprint density at radius 1 is 1.11 bits per heavy atom. The van der Waals surface area contributed by atoms with Crippen LogP contribution in [-0.4, -0.2) is 45.7 Å². The average molecular weight is 261 g/mol. The molecular formula is C10H19N3O5. The molecule has 8 heteroatoms. The summed E-state index contributed by atoms with van der Waals surface area (Å²) in [5.41, 5.74) is 5.28. The molecule has 0 aliphatic carbocycles. The van der Waals surface area contributed by atoms with Gasteiger partial charge in [-0.15, -0.1) is 0 Å². The average Bonchev–Trinajstić information content (AvgIpc) is 2.30. The molecular weight excluding hydrogens is 242 g/mol. The molecule has 1 amide bonds. The fourth-order valence-electron chi connectivity index (χ4n) is 1.38. The van der Waals surface area contributed by atoms with E-state index in [1.807, 2.05) is 0 Å². The number of unbranched alkanes of at least 4 members (excludes halogenated alkanes) is 1. The van der Waals surface area contributed by atoms with Gasteiger partial charge in [-0.3, -0.25) is 14.6 Å². The van der Waals surface area contributed by atoms with E-state index in [-0.39, 0.29) is 19.3 Å². The molecule has 0 rings (SSSR count). The number of nitrogens with two attached hydrogens (primary N) is 2. The Hall–Kier alpha value is -1.67. The summed E-state index contributed by atoms with van der Waals surface area (Å²) in [6, 6.07) is -1.14. The lowest BCUT2D eigenvalue weighted by atomic mass is 10.1. The molecule has 0 saturated heterocycles. The van der Waals surface area contributed by atoms with E-state index in [4.69, 9.17) is 21.8 Å². The molecule has 0 aliphatic rings. The third-order valence-electron chi connectivity index (χ3n) is 2.39. The van der Waals surface area contributed by atoms with Crippen LogP contribution in [0.1, 0.15) is 32.1 Å². The Labute approximate surface area is 105 Å². The molecule has 0 aromatic rings. The predicted octanol–water partition coefficient (Wildman–Crippen LogP) is -0.864. The van der Waals surface area contributed by atoms with Crippen molar-refractivity contribution in [2.24, 2.45) is 11.6 Å². The van der Waals surface area contributed by atoms with Crippen LogP contribution in [0, 0.1) is 0 Å². The van der Waals surface area contributed by atoms with Gasteiger partial charge in [-0.05, 0) is 25.8 Å². The maximum Gasteiger partial charge on any atom is 0.328 e. The minimum atomic E-state index is -1.21. The zero-order valence-corrected chi connectivity index (χ0v) is 10.0. The van der Waals surface area contributed by atoms with Gasteiger partial charge >= 0.3 is 11.9 Å². The lowest BCUT2D eigenvalue weighted by Gasteiger charge is -2.23. The van der Waals surface area contributed by atoms with Crippen LogP contribution in [0.15, 0.2) is 0 Å². The van der Waals surface area contributed by atoms with Crippen LogP contribution < -0.4 is 11.6 Å². The van der Waals surface area contributed by atoms with E-state index < -0.39 is 23.9 Å². The Kier molecular flexibility index (Phi) is 7.64. The Balaban J connectivity index is 4.36. The summed E-state index contributed by atoms with van der Waals surface area (Å²) in [6.45, 7) is 0.434. The topological polar surface area (TPSA) is 147 Å². The molecule has 0 aromatic carbocycles. The van der Waals surface area contributed by atoms with Crippen LogP contribution in [0.25, 0.3) is 0 Å². The summed E-state index contributed by atoms with van der Waals surface area (Å²) in [6.07, 6.45) is 0.685. The number of hydrogen-bond acceptors (Lipinski definition) is 5. The Morgan fingerprint density at radius 2 is 1.72 bits per heavy atom. The molecule has 6 N–H and O–H groups in total. The first-order valence-electron chi connectivity index (χ1n) is 5.61. The molecule has 0 unspecified atom stereocenters. The molecule has 8 nitrogen and oxygen atoms in total. The van der Waals surface area contributed by atoms with Crippen molar-refractivity contribution in [1.82, 2.24) is 5.01 Å². The fourth-order valence-corrected chi connectivity index (χ4v) is 1.38. The third-order valence-corrected chi connectivity index (χ3v) is 2.39. The van der Waals surface area contributed by atoms with Gasteiger partial charge < -0.3 is 15.9 Å². The van der Waals surface area contributed by atoms with Gasteiger partial charge in [0.2, 0.25) is 5.91 Å². The summed E-state index contributed by atoms with van der Waals surface area (Å²) in [4.78, 5) is 32.7. The van der Waals surface area contributed by atoms with Crippen molar-refractivity contribution < 1.29 is 24.6 Å². The monoisotopic (exact) mass is 261 g/mol. The maximum atomic E-state index is 11.5. The highest BCUT2D eigenvalue weighted by atomic mass is 16.4. The molecule has 1 atom stereocenters. The van der Waals surface area contributed by atoms with Gasteiger partial charge in [0.25, 0.3) is 0 Å². The number of amides is 1. The lowest BCUT2D eigenvalue weighted by Crippen LogP contribution is -2.49. The number of carboxylic acids is 2. The first-order valence-corrected chi connectivity index (χ1v) is 5.61. The van der Waals surface area contributed by atoms with Gasteiger partial charge in [-0.2, -0.15) is 0 Å². The number of rotatable bonds is 9. The second-order valence-electron chi connectivity index (χ2n) is 3.83. The quantitative estimate of drug-likeness (QED) is 0.182. The lowest BCUT2D eigenvalue weighted by molar-refractivity contribution is -0.151. The van der Waals surface area contributed by atoms with Crippen molar-refractivity contribution in [2.45, 2.75) is 38.1 Å². The standard InChI is InChI=1S/C10H19N3O5/c11-6-2-1-3-7(10(17)18)13(12)8(14)4-5-9(15)16/h7H,1-6,11-12H2,(H,15,16)(H,17,18)/t7-/m0/s1. The normalized spacial score (nSPS) is 11.9.